The number of para-hydroxylation sites is 1. The monoisotopic (exact) mass is 415 g/mol. The van der Waals surface area contributed by atoms with Crippen LogP contribution >= 0.6 is 0 Å². The standard InChI is InChI=1S/C25H17N7/c1-2-7-20-17-31(16-19(20)6-1)25-27-13-10-22(30-25)24-26-12-9-21(29-24)11-14-32-23-8-4-3-5-18(23)15-28-32/h1-10,12-13,15H,16-17H2. The van der Waals surface area contributed by atoms with E-state index in [0.29, 0.717) is 23.2 Å². The van der Waals surface area contributed by atoms with Crippen molar-refractivity contribution in [1.29, 1.82) is 0 Å². The average Bonchev–Trinajstić information content (AvgIpc) is 3.47. The first-order chi connectivity index (χ1) is 15.8. The van der Waals surface area contributed by atoms with Crippen molar-refractivity contribution in [2.75, 3.05) is 4.90 Å². The Kier molecular flexibility index (Phi) is 4.33. The van der Waals surface area contributed by atoms with Gasteiger partial charge in [-0.05, 0) is 35.2 Å². The molecular formula is C25H17N7. The van der Waals surface area contributed by atoms with Crippen molar-refractivity contribution in [3.63, 3.8) is 0 Å². The molecule has 3 aromatic heterocycles. The summed E-state index contributed by atoms with van der Waals surface area (Å²) in [7, 11) is 0. The van der Waals surface area contributed by atoms with Crippen LogP contribution in [0.15, 0.2) is 79.3 Å². The molecule has 2 aromatic carbocycles. The molecule has 7 nitrogen and oxygen atoms in total. The lowest BCUT2D eigenvalue weighted by Crippen LogP contribution is -2.17. The van der Waals surface area contributed by atoms with Gasteiger partial charge in [0.15, 0.2) is 5.82 Å². The lowest BCUT2D eigenvalue weighted by molar-refractivity contribution is 0.828. The molecule has 0 unspecified atom stereocenters. The van der Waals surface area contributed by atoms with E-state index in [1.54, 1.807) is 29.3 Å². The summed E-state index contributed by atoms with van der Waals surface area (Å²) in [4.78, 5) is 20.3. The minimum absolute atomic E-state index is 0.516. The van der Waals surface area contributed by atoms with Crippen molar-refractivity contribution in [3.05, 3.63) is 96.1 Å². The summed E-state index contributed by atoms with van der Waals surface area (Å²) in [5.41, 5.74) is 4.84. The summed E-state index contributed by atoms with van der Waals surface area (Å²) in [6.45, 7) is 1.59. The van der Waals surface area contributed by atoms with E-state index in [-0.39, 0.29) is 0 Å². The summed E-state index contributed by atoms with van der Waals surface area (Å²) in [6, 6.07) is 23.0. The average molecular weight is 415 g/mol. The lowest BCUT2D eigenvalue weighted by atomic mass is 10.1. The summed E-state index contributed by atoms with van der Waals surface area (Å²) >= 11 is 0. The first kappa shape index (κ1) is 18.2. The van der Waals surface area contributed by atoms with E-state index in [9.17, 15) is 0 Å². The van der Waals surface area contributed by atoms with Crippen molar-refractivity contribution >= 4 is 16.9 Å². The van der Waals surface area contributed by atoms with Gasteiger partial charge < -0.3 is 4.90 Å². The van der Waals surface area contributed by atoms with Crippen LogP contribution < -0.4 is 4.90 Å². The van der Waals surface area contributed by atoms with E-state index in [1.807, 2.05) is 30.3 Å². The molecule has 0 atom stereocenters. The van der Waals surface area contributed by atoms with E-state index >= 15 is 0 Å². The van der Waals surface area contributed by atoms with Gasteiger partial charge in [0.2, 0.25) is 5.95 Å². The molecule has 32 heavy (non-hydrogen) atoms. The molecule has 6 rings (SSSR count). The van der Waals surface area contributed by atoms with Gasteiger partial charge in [-0.25, -0.2) is 19.9 Å². The molecule has 0 amide bonds. The summed E-state index contributed by atoms with van der Waals surface area (Å²) in [6.07, 6.45) is 5.24. The third-order valence-corrected chi connectivity index (χ3v) is 5.42. The summed E-state index contributed by atoms with van der Waals surface area (Å²) in [5, 5.41) is 5.38. The van der Waals surface area contributed by atoms with E-state index < -0.39 is 0 Å². The van der Waals surface area contributed by atoms with E-state index in [1.165, 1.54) is 11.1 Å². The molecule has 0 bridgehead atoms. The van der Waals surface area contributed by atoms with Gasteiger partial charge in [-0.1, -0.05) is 42.5 Å². The quantitative estimate of drug-likeness (QED) is 0.410. The molecule has 0 radical (unpaired) electrons. The maximum absolute atomic E-state index is 4.72. The first-order valence-corrected chi connectivity index (χ1v) is 10.3. The number of hydrogen-bond acceptors (Lipinski definition) is 6. The van der Waals surface area contributed by atoms with Gasteiger partial charge in [-0.2, -0.15) is 9.78 Å². The minimum atomic E-state index is 0.516. The van der Waals surface area contributed by atoms with E-state index in [2.05, 4.69) is 61.2 Å². The highest BCUT2D eigenvalue weighted by Gasteiger charge is 2.21. The van der Waals surface area contributed by atoms with Gasteiger partial charge in [-0.3, -0.25) is 0 Å². The third-order valence-electron chi connectivity index (χ3n) is 5.42. The smallest absolute Gasteiger partial charge is 0.226 e. The SMILES string of the molecule is C(#Cn1ncc2ccccc21)c1ccnc(-c2ccnc(N3Cc4ccccc4C3)n2)n1. The molecule has 0 fully saturated rings. The summed E-state index contributed by atoms with van der Waals surface area (Å²) < 4.78 is 1.66. The Morgan fingerprint density at radius 1 is 0.781 bits per heavy atom. The predicted molar refractivity (Wildman–Crippen MR) is 121 cm³/mol. The molecule has 0 saturated heterocycles. The fourth-order valence-corrected chi connectivity index (χ4v) is 3.82. The first-order valence-electron chi connectivity index (χ1n) is 10.3. The Morgan fingerprint density at radius 3 is 2.44 bits per heavy atom. The maximum atomic E-state index is 4.72. The van der Waals surface area contributed by atoms with Crippen molar-refractivity contribution < 1.29 is 0 Å². The highest BCUT2D eigenvalue weighted by atomic mass is 15.3. The van der Waals surface area contributed by atoms with Crippen LogP contribution in [0.1, 0.15) is 16.8 Å². The van der Waals surface area contributed by atoms with Gasteiger partial charge in [0.05, 0.1) is 11.7 Å². The number of anilines is 1. The van der Waals surface area contributed by atoms with Crippen molar-refractivity contribution in [2.45, 2.75) is 13.1 Å². The van der Waals surface area contributed by atoms with Crippen LogP contribution in [0.3, 0.4) is 0 Å². The number of benzene rings is 2. The van der Waals surface area contributed by atoms with Crippen LogP contribution in [0.5, 0.6) is 0 Å². The Bertz CT molecular complexity index is 1480. The second kappa shape index (κ2) is 7.60. The van der Waals surface area contributed by atoms with Crippen LogP contribution in [0.2, 0.25) is 0 Å². The number of fused-ring (bicyclic) bond motifs is 2. The molecule has 152 valence electrons. The molecule has 0 spiro atoms. The van der Waals surface area contributed by atoms with Crippen molar-refractivity contribution in [2.24, 2.45) is 0 Å². The molecular weight excluding hydrogens is 398 g/mol. The van der Waals surface area contributed by atoms with Crippen molar-refractivity contribution in [1.82, 2.24) is 29.7 Å². The third kappa shape index (κ3) is 3.34. The van der Waals surface area contributed by atoms with Gasteiger partial charge in [0, 0.05) is 36.9 Å². The maximum Gasteiger partial charge on any atom is 0.226 e. The largest absolute Gasteiger partial charge is 0.332 e. The Balaban J connectivity index is 1.28. The Hall–Kier alpha value is -4.57. The second-order valence-electron chi connectivity index (χ2n) is 7.48. The van der Waals surface area contributed by atoms with Gasteiger partial charge >= 0.3 is 0 Å². The zero-order chi connectivity index (χ0) is 21.3. The number of nitrogens with zero attached hydrogens (tertiary/aromatic N) is 7. The molecule has 0 N–H and O–H groups in total. The fraction of sp³-hybridized carbons (Fsp3) is 0.0800. The van der Waals surface area contributed by atoms with Gasteiger partial charge in [-0.15, -0.1) is 0 Å². The number of hydrogen-bond donors (Lipinski definition) is 0. The molecule has 0 saturated carbocycles. The van der Waals surface area contributed by atoms with Crippen LogP contribution in [0.25, 0.3) is 22.4 Å². The number of rotatable bonds is 2. The van der Waals surface area contributed by atoms with Crippen LogP contribution in [-0.2, 0) is 13.1 Å². The van der Waals surface area contributed by atoms with Gasteiger partial charge in [0.25, 0.3) is 0 Å². The van der Waals surface area contributed by atoms with E-state index in [0.717, 1.165) is 24.0 Å². The Labute approximate surface area is 184 Å². The van der Waals surface area contributed by atoms with Crippen LogP contribution in [0.4, 0.5) is 5.95 Å². The molecule has 7 heteroatoms. The molecule has 4 heterocycles. The molecule has 1 aliphatic rings. The zero-order valence-electron chi connectivity index (χ0n) is 17.1. The fourth-order valence-electron chi connectivity index (χ4n) is 3.82. The topological polar surface area (TPSA) is 72.6 Å². The normalized spacial score (nSPS) is 12.4. The molecule has 0 aliphatic carbocycles. The number of aromatic nitrogens is 6. The highest BCUT2D eigenvalue weighted by Crippen LogP contribution is 2.26. The van der Waals surface area contributed by atoms with Crippen molar-refractivity contribution in [3.8, 4) is 23.5 Å². The predicted octanol–water partition coefficient (Wildman–Crippen LogP) is 3.66. The van der Waals surface area contributed by atoms with Gasteiger partial charge in [0.1, 0.15) is 11.4 Å². The zero-order valence-corrected chi connectivity index (χ0v) is 17.1. The minimum Gasteiger partial charge on any atom is -0.332 e. The highest BCUT2D eigenvalue weighted by molar-refractivity contribution is 5.79. The molecule has 5 aromatic rings. The van der Waals surface area contributed by atoms with Crippen LogP contribution in [0, 0.1) is 12.0 Å². The molecule has 1 aliphatic heterocycles. The second-order valence-corrected chi connectivity index (χ2v) is 7.48. The Morgan fingerprint density at radius 2 is 1.56 bits per heavy atom. The van der Waals surface area contributed by atoms with E-state index in [4.69, 9.17) is 4.98 Å². The summed E-state index contributed by atoms with van der Waals surface area (Å²) in [5.74, 6) is 4.26. The lowest BCUT2D eigenvalue weighted by Gasteiger charge is -2.15. The van der Waals surface area contributed by atoms with Crippen LogP contribution in [-0.4, -0.2) is 29.7 Å².